The molecular weight excluding hydrogens is 542 g/mol. The Hall–Kier alpha value is -2.10. The molecule has 0 spiro atoms. The number of nitrogens with zero attached hydrogens (tertiary/aromatic N) is 2. The standard InChI is InChI=1S/C24H31BrClN3O4S/c1-6-16(2)27-24(31)18(4)28(14-19-9-7-10-20(25)13-19)23(30)15-29(34(5,32)33)22-12-8-11-21(26)17(22)3/h7-13,16,18H,6,14-15H2,1-5H3,(H,27,31)/t16-,18-/m0/s1. The van der Waals surface area contributed by atoms with Crippen LogP contribution in [0.1, 0.15) is 38.3 Å². The Kier molecular flexibility index (Phi) is 9.96. The van der Waals surface area contributed by atoms with Crippen LogP contribution in [0.5, 0.6) is 0 Å². The average molecular weight is 573 g/mol. The Bertz CT molecular complexity index is 1140. The molecule has 10 heteroatoms. The number of halogens is 2. The maximum atomic E-state index is 13.6. The van der Waals surface area contributed by atoms with Gasteiger partial charge in [0.1, 0.15) is 12.6 Å². The Balaban J connectivity index is 2.43. The topological polar surface area (TPSA) is 86.8 Å². The summed E-state index contributed by atoms with van der Waals surface area (Å²) in [6.07, 6.45) is 1.78. The molecule has 2 aromatic rings. The van der Waals surface area contributed by atoms with E-state index in [4.69, 9.17) is 11.6 Å². The van der Waals surface area contributed by atoms with Crippen molar-refractivity contribution in [1.29, 1.82) is 0 Å². The summed E-state index contributed by atoms with van der Waals surface area (Å²) >= 11 is 9.64. The van der Waals surface area contributed by atoms with Crippen LogP contribution in [-0.4, -0.2) is 50.0 Å². The fraction of sp³-hybridized carbons (Fsp3) is 0.417. The minimum absolute atomic E-state index is 0.0561. The molecule has 34 heavy (non-hydrogen) atoms. The highest BCUT2D eigenvalue weighted by Crippen LogP contribution is 2.28. The molecule has 0 saturated heterocycles. The molecule has 0 aromatic heterocycles. The third-order valence-electron chi connectivity index (χ3n) is 5.60. The van der Waals surface area contributed by atoms with E-state index in [1.807, 2.05) is 38.1 Å². The van der Waals surface area contributed by atoms with E-state index in [9.17, 15) is 18.0 Å². The van der Waals surface area contributed by atoms with Crippen molar-refractivity contribution < 1.29 is 18.0 Å². The van der Waals surface area contributed by atoms with E-state index in [0.29, 0.717) is 16.3 Å². The van der Waals surface area contributed by atoms with E-state index in [2.05, 4.69) is 21.2 Å². The maximum absolute atomic E-state index is 13.6. The molecule has 0 bridgehead atoms. The third kappa shape index (κ3) is 7.45. The number of amides is 2. The van der Waals surface area contributed by atoms with Gasteiger partial charge in [0, 0.05) is 22.1 Å². The fourth-order valence-corrected chi connectivity index (χ4v) is 4.86. The summed E-state index contributed by atoms with van der Waals surface area (Å²) in [4.78, 5) is 27.9. The zero-order valence-electron chi connectivity index (χ0n) is 20.0. The van der Waals surface area contributed by atoms with Gasteiger partial charge >= 0.3 is 0 Å². The van der Waals surface area contributed by atoms with Crippen molar-refractivity contribution in [1.82, 2.24) is 10.2 Å². The Morgan fingerprint density at radius 2 is 1.79 bits per heavy atom. The lowest BCUT2D eigenvalue weighted by Crippen LogP contribution is -2.52. The zero-order valence-corrected chi connectivity index (χ0v) is 23.2. The van der Waals surface area contributed by atoms with Gasteiger partial charge in [0.15, 0.2) is 0 Å². The van der Waals surface area contributed by atoms with Gasteiger partial charge in [-0.15, -0.1) is 0 Å². The summed E-state index contributed by atoms with van der Waals surface area (Å²) in [6.45, 7) is 6.86. The lowest BCUT2D eigenvalue weighted by molar-refractivity contribution is -0.139. The van der Waals surface area contributed by atoms with Crippen LogP contribution in [-0.2, 0) is 26.2 Å². The van der Waals surface area contributed by atoms with Crippen LogP contribution < -0.4 is 9.62 Å². The second-order valence-corrected chi connectivity index (χ2v) is 11.5. The van der Waals surface area contributed by atoms with Crippen molar-refractivity contribution in [2.45, 2.75) is 52.7 Å². The quantitative estimate of drug-likeness (QED) is 0.454. The first-order valence-electron chi connectivity index (χ1n) is 10.9. The molecule has 1 N–H and O–H groups in total. The summed E-state index contributed by atoms with van der Waals surface area (Å²) in [6, 6.07) is 11.4. The largest absolute Gasteiger partial charge is 0.352 e. The normalized spacial score (nSPS) is 13.1. The SMILES string of the molecule is CC[C@H](C)NC(=O)[C@H](C)N(Cc1cccc(Br)c1)C(=O)CN(c1cccc(Cl)c1C)S(C)(=O)=O. The van der Waals surface area contributed by atoms with Gasteiger partial charge in [-0.2, -0.15) is 0 Å². The van der Waals surface area contributed by atoms with E-state index in [1.165, 1.54) is 4.90 Å². The first kappa shape index (κ1) is 28.1. The highest BCUT2D eigenvalue weighted by atomic mass is 79.9. The van der Waals surface area contributed by atoms with Gasteiger partial charge in [0.25, 0.3) is 0 Å². The maximum Gasteiger partial charge on any atom is 0.244 e. The molecule has 0 heterocycles. The molecule has 0 unspecified atom stereocenters. The third-order valence-corrected chi connectivity index (χ3v) is 7.63. The Morgan fingerprint density at radius 3 is 2.38 bits per heavy atom. The molecule has 0 aliphatic rings. The number of anilines is 1. The predicted molar refractivity (Wildman–Crippen MR) is 140 cm³/mol. The predicted octanol–water partition coefficient (Wildman–Crippen LogP) is 4.51. The number of hydrogen-bond acceptors (Lipinski definition) is 4. The summed E-state index contributed by atoms with van der Waals surface area (Å²) in [5.41, 5.74) is 1.67. The van der Waals surface area contributed by atoms with Crippen molar-refractivity contribution in [3.8, 4) is 0 Å². The van der Waals surface area contributed by atoms with E-state index >= 15 is 0 Å². The molecule has 7 nitrogen and oxygen atoms in total. The lowest BCUT2D eigenvalue weighted by atomic mass is 10.1. The monoisotopic (exact) mass is 571 g/mol. The molecule has 2 rings (SSSR count). The van der Waals surface area contributed by atoms with Gasteiger partial charge < -0.3 is 10.2 Å². The Labute approximate surface area is 215 Å². The van der Waals surface area contributed by atoms with Crippen molar-refractivity contribution in [3.05, 3.63) is 63.1 Å². The fourth-order valence-electron chi connectivity index (χ4n) is 3.34. The first-order chi connectivity index (χ1) is 15.8. The summed E-state index contributed by atoms with van der Waals surface area (Å²) in [5, 5.41) is 3.30. The highest BCUT2D eigenvalue weighted by molar-refractivity contribution is 9.10. The lowest BCUT2D eigenvalue weighted by Gasteiger charge is -2.32. The summed E-state index contributed by atoms with van der Waals surface area (Å²) < 4.78 is 27.2. The number of hydrogen-bond donors (Lipinski definition) is 1. The molecule has 2 amide bonds. The molecule has 0 aliphatic heterocycles. The van der Waals surface area contributed by atoms with Crippen molar-refractivity contribution >= 4 is 55.1 Å². The van der Waals surface area contributed by atoms with Gasteiger partial charge in [-0.05, 0) is 62.6 Å². The van der Waals surface area contributed by atoms with Crippen LogP contribution in [0.25, 0.3) is 0 Å². The van der Waals surface area contributed by atoms with E-state index in [0.717, 1.165) is 27.0 Å². The molecule has 2 atom stereocenters. The van der Waals surface area contributed by atoms with E-state index in [1.54, 1.807) is 32.0 Å². The highest BCUT2D eigenvalue weighted by Gasteiger charge is 2.31. The molecule has 0 aliphatic carbocycles. The van der Waals surface area contributed by atoms with Gasteiger partial charge in [-0.1, -0.05) is 52.7 Å². The molecule has 0 saturated carbocycles. The molecule has 0 radical (unpaired) electrons. The van der Waals surface area contributed by atoms with Crippen molar-refractivity contribution in [3.63, 3.8) is 0 Å². The number of carbonyl (C=O) groups is 2. The minimum atomic E-state index is -3.82. The number of benzene rings is 2. The second-order valence-electron chi connectivity index (χ2n) is 8.30. The van der Waals surface area contributed by atoms with Crippen LogP contribution in [0.2, 0.25) is 5.02 Å². The Morgan fingerprint density at radius 1 is 1.15 bits per heavy atom. The van der Waals surface area contributed by atoms with Gasteiger partial charge in [-0.25, -0.2) is 8.42 Å². The van der Waals surface area contributed by atoms with Crippen LogP contribution in [0.4, 0.5) is 5.69 Å². The van der Waals surface area contributed by atoms with Crippen LogP contribution in [0.3, 0.4) is 0 Å². The molecular formula is C24H31BrClN3O4S. The minimum Gasteiger partial charge on any atom is -0.352 e. The van der Waals surface area contributed by atoms with Gasteiger partial charge in [0.2, 0.25) is 21.8 Å². The summed E-state index contributed by atoms with van der Waals surface area (Å²) in [5.74, 6) is -0.806. The molecule has 0 fully saturated rings. The first-order valence-corrected chi connectivity index (χ1v) is 13.9. The van der Waals surface area contributed by atoms with E-state index in [-0.39, 0.29) is 18.5 Å². The van der Waals surface area contributed by atoms with E-state index < -0.39 is 28.5 Å². The van der Waals surface area contributed by atoms with Crippen molar-refractivity contribution in [2.75, 3.05) is 17.1 Å². The number of sulfonamides is 1. The zero-order chi connectivity index (χ0) is 25.6. The second kappa shape index (κ2) is 12.0. The van der Waals surface area contributed by atoms with Gasteiger partial charge in [-0.3, -0.25) is 13.9 Å². The average Bonchev–Trinajstić information content (AvgIpc) is 2.76. The smallest absolute Gasteiger partial charge is 0.244 e. The van der Waals surface area contributed by atoms with Crippen LogP contribution in [0, 0.1) is 6.92 Å². The van der Waals surface area contributed by atoms with Crippen LogP contribution >= 0.6 is 27.5 Å². The molecule has 2 aromatic carbocycles. The summed E-state index contributed by atoms with van der Waals surface area (Å²) in [7, 11) is -3.82. The number of carbonyl (C=O) groups excluding carboxylic acids is 2. The van der Waals surface area contributed by atoms with Crippen LogP contribution in [0.15, 0.2) is 46.9 Å². The number of nitrogens with one attached hydrogen (secondary N) is 1. The van der Waals surface area contributed by atoms with Gasteiger partial charge in [0.05, 0.1) is 11.9 Å². The van der Waals surface area contributed by atoms with Crippen molar-refractivity contribution in [2.24, 2.45) is 0 Å². The number of rotatable bonds is 10. The molecule has 186 valence electrons.